The summed E-state index contributed by atoms with van der Waals surface area (Å²) in [6, 6.07) is 4.48. The van der Waals surface area contributed by atoms with E-state index >= 15 is 0 Å². The fourth-order valence-corrected chi connectivity index (χ4v) is 1.75. The number of aliphatic hydroxyl groups is 2. The molecule has 0 saturated heterocycles. The van der Waals surface area contributed by atoms with E-state index in [1.807, 2.05) is 0 Å². The Kier molecular flexibility index (Phi) is 4.70. The van der Waals surface area contributed by atoms with Crippen LogP contribution in [0.15, 0.2) is 18.2 Å². The summed E-state index contributed by atoms with van der Waals surface area (Å²) < 4.78 is 13.2. The zero-order valence-electron chi connectivity index (χ0n) is 8.45. The molecule has 0 amide bonds. The van der Waals surface area contributed by atoms with Gasteiger partial charge in [-0.25, -0.2) is 4.39 Å². The Hall–Kier alpha value is -0.450. The van der Waals surface area contributed by atoms with Crippen molar-refractivity contribution in [1.82, 2.24) is 0 Å². The minimum Gasteiger partial charge on any atom is -0.390 e. The van der Waals surface area contributed by atoms with Gasteiger partial charge < -0.3 is 10.2 Å². The SMILES string of the molecule is Cc1ccc(C(O)C(O)CCBr)cc1F. The Balaban J connectivity index is 2.81. The topological polar surface area (TPSA) is 40.5 Å². The van der Waals surface area contributed by atoms with Crippen molar-refractivity contribution in [2.24, 2.45) is 0 Å². The minimum absolute atomic E-state index is 0.363. The molecular weight excluding hydrogens is 263 g/mol. The summed E-state index contributed by atoms with van der Waals surface area (Å²) in [4.78, 5) is 0. The zero-order valence-corrected chi connectivity index (χ0v) is 10.0. The molecule has 0 heterocycles. The molecule has 84 valence electrons. The van der Waals surface area contributed by atoms with Gasteiger partial charge in [0.15, 0.2) is 0 Å². The van der Waals surface area contributed by atoms with Gasteiger partial charge >= 0.3 is 0 Å². The van der Waals surface area contributed by atoms with Crippen LogP contribution in [0.2, 0.25) is 0 Å². The van der Waals surface area contributed by atoms with Crippen LogP contribution in [0.5, 0.6) is 0 Å². The molecule has 15 heavy (non-hydrogen) atoms. The first-order valence-electron chi connectivity index (χ1n) is 4.74. The Labute approximate surface area is 96.9 Å². The molecule has 0 radical (unpaired) electrons. The van der Waals surface area contributed by atoms with Gasteiger partial charge in [0.25, 0.3) is 0 Å². The van der Waals surface area contributed by atoms with Gasteiger partial charge in [-0.1, -0.05) is 28.1 Å². The molecule has 0 aromatic heterocycles. The zero-order chi connectivity index (χ0) is 11.4. The third-order valence-electron chi connectivity index (χ3n) is 2.31. The number of hydrogen-bond donors (Lipinski definition) is 2. The van der Waals surface area contributed by atoms with E-state index in [2.05, 4.69) is 15.9 Å². The molecule has 4 heteroatoms. The third kappa shape index (κ3) is 3.26. The monoisotopic (exact) mass is 276 g/mol. The fraction of sp³-hybridized carbons (Fsp3) is 0.455. The molecule has 0 fully saturated rings. The van der Waals surface area contributed by atoms with Crippen LogP contribution in [0.3, 0.4) is 0 Å². The number of aryl methyl sites for hydroxylation is 1. The first kappa shape index (κ1) is 12.6. The highest BCUT2D eigenvalue weighted by molar-refractivity contribution is 9.09. The van der Waals surface area contributed by atoms with Gasteiger partial charge in [-0.15, -0.1) is 0 Å². The molecule has 2 N–H and O–H groups in total. The van der Waals surface area contributed by atoms with Crippen molar-refractivity contribution in [2.45, 2.75) is 25.6 Å². The van der Waals surface area contributed by atoms with E-state index < -0.39 is 12.2 Å². The molecule has 2 nitrogen and oxygen atoms in total. The largest absolute Gasteiger partial charge is 0.390 e. The molecule has 2 unspecified atom stereocenters. The summed E-state index contributed by atoms with van der Waals surface area (Å²) >= 11 is 3.17. The number of aliphatic hydroxyl groups excluding tert-OH is 2. The first-order valence-corrected chi connectivity index (χ1v) is 5.86. The Morgan fingerprint density at radius 2 is 2.07 bits per heavy atom. The minimum atomic E-state index is -1.03. The van der Waals surface area contributed by atoms with Gasteiger partial charge in [0.05, 0.1) is 6.10 Å². The predicted molar refractivity (Wildman–Crippen MR) is 60.5 cm³/mol. The summed E-state index contributed by atoms with van der Waals surface area (Å²) in [6.07, 6.45) is -1.47. The van der Waals surface area contributed by atoms with E-state index in [4.69, 9.17) is 0 Å². The third-order valence-corrected chi connectivity index (χ3v) is 2.76. The van der Waals surface area contributed by atoms with E-state index in [0.717, 1.165) is 0 Å². The van der Waals surface area contributed by atoms with Crippen molar-refractivity contribution in [2.75, 3.05) is 5.33 Å². The van der Waals surface area contributed by atoms with E-state index in [9.17, 15) is 14.6 Å². The maximum atomic E-state index is 13.2. The second kappa shape index (κ2) is 5.58. The number of rotatable bonds is 4. The average molecular weight is 277 g/mol. The molecule has 0 saturated carbocycles. The molecular formula is C11H14BrFO2. The summed E-state index contributed by atoms with van der Waals surface area (Å²) in [5, 5.41) is 19.8. The number of halogens is 2. The molecule has 2 atom stereocenters. The lowest BCUT2D eigenvalue weighted by molar-refractivity contribution is 0.0172. The van der Waals surface area contributed by atoms with Gasteiger partial charge in [0, 0.05) is 5.33 Å². The van der Waals surface area contributed by atoms with E-state index in [0.29, 0.717) is 22.9 Å². The van der Waals surface area contributed by atoms with Crippen molar-refractivity contribution in [3.63, 3.8) is 0 Å². The van der Waals surface area contributed by atoms with Gasteiger partial charge in [0.2, 0.25) is 0 Å². The van der Waals surface area contributed by atoms with E-state index in [-0.39, 0.29) is 5.82 Å². The highest BCUT2D eigenvalue weighted by Crippen LogP contribution is 2.21. The normalized spacial score (nSPS) is 15.0. The maximum absolute atomic E-state index is 13.2. The fourth-order valence-electron chi connectivity index (χ4n) is 1.28. The molecule has 0 bridgehead atoms. The maximum Gasteiger partial charge on any atom is 0.126 e. The van der Waals surface area contributed by atoms with Crippen LogP contribution in [-0.2, 0) is 0 Å². The van der Waals surface area contributed by atoms with Crippen molar-refractivity contribution in [3.8, 4) is 0 Å². The van der Waals surface area contributed by atoms with E-state index in [1.165, 1.54) is 6.07 Å². The van der Waals surface area contributed by atoms with Crippen molar-refractivity contribution in [1.29, 1.82) is 0 Å². The second-order valence-electron chi connectivity index (χ2n) is 3.50. The molecule has 1 rings (SSSR count). The second-order valence-corrected chi connectivity index (χ2v) is 4.29. The lowest BCUT2D eigenvalue weighted by Crippen LogP contribution is -2.18. The van der Waals surface area contributed by atoms with E-state index in [1.54, 1.807) is 19.1 Å². The van der Waals surface area contributed by atoms with Gasteiger partial charge in [-0.3, -0.25) is 0 Å². The number of benzene rings is 1. The Bertz CT molecular complexity index is 330. The summed E-state index contributed by atoms with van der Waals surface area (Å²) in [7, 11) is 0. The number of alkyl halides is 1. The summed E-state index contributed by atoms with van der Waals surface area (Å²) in [6.45, 7) is 1.65. The van der Waals surface area contributed by atoms with Crippen LogP contribution < -0.4 is 0 Å². The molecule has 1 aromatic rings. The van der Waals surface area contributed by atoms with Crippen LogP contribution in [-0.4, -0.2) is 21.6 Å². The quantitative estimate of drug-likeness (QED) is 0.829. The molecule has 1 aromatic carbocycles. The van der Waals surface area contributed by atoms with Gasteiger partial charge in [0.1, 0.15) is 11.9 Å². The van der Waals surface area contributed by atoms with Crippen LogP contribution in [0.25, 0.3) is 0 Å². The Morgan fingerprint density at radius 1 is 1.40 bits per heavy atom. The lowest BCUT2D eigenvalue weighted by Gasteiger charge is -2.17. The van der Waals surface area contributed by atoms with Crippen LogP contribution in [0.1, 0.15) is 23.7 Å². The molecule has 0 aliphatic rings. The van der Waals surface area contributed by atoms with Crippen LogP contribution in [0, 0.1) is 12.7 Å². The van der Waals surface area contributed by atoms with Gasteiger partial charge in [-0.05, 0) is 30.5 Å². The molecule has 0 aliphatic heterocycles. The highest BCUT2D eigenvalue weighted by Gasteiger charge is 2.18. The predicted octanol–water partition coefficient (Wildman–Crippen LogP) is 2.31. The lowest BCUT2D eigenvalue weighted by atomic mass is 10.0. The summed E-state index contributed by atoms with van der Waals surface area (Å²) in [5.74, 6) is -0.363. The van der Waals surface area contributed by atoms with Crippen LogP contribution in [0.4, 0.5) is 4.39 Å². The number of hydrogen-bond acceptors (Lipinski definition) is 2. The average Bonchev–Trinajstić information content (AvgIpc) is 2.21. The van der Waals surface area contributed by atoms with Crippen LogP contribution >= 0.6 is 15.9 Å². The van der Waals surface area contributed by atoms with Crippen molar-refractivity contribution < 1.29 is 14.6 Å². The first-order chi connectivity index (χ1) is 7.06. The molecule has 0 aliphatic carbocycles. The van der Waals surface area contributed by atoms with Crippen molar-refractivity contribution >= 4 is 15.9 Å². The highest BCUT2D eigenvalue weighted by atomic mass is 79.9. The van der Waals surface area contributed by atoms with Crippen molar-refractivity contribution in [3.05, 3.63) is 35.1 Å². The summed E-state index contributed by atoms with van der Waals surface area (Å²) in [5.41, 5.74) is 0.937. The van der Waals surface area contributed by atoms with Gasteiger partial charge in [-0.2, -0.15) is 0 Å². The Morgan fingerprint density at radius 3 is 2.60 bits per heavy atom. The smallest absolute Gasteiger partial charge is 0.126 e. The standard InChI is InChI=1S/C11H14BrFO2/c1-7-2-3-8(6-9(7)13)11(15)10(14)4-5-12/h2-3,6,10-11,14-15H,4-5H2,1H3. The molecule has 0 spiro atoms.